The summed E-state index contributed by atoms with van der Waals surface area (Å²) >= 11 is 0. The molecule has 0 aliphatic heterocycles. The van der Waals surface area contributed by atoms with Crippen molar-refractivity contribution in [2.24, 2.45) is 5.73 Å². The number of benzene rings is 2. The van der Waals surface area contributed by atoms with Crippen molar-refractivity contribution in [2.75, 3.05) is 6.61 Å². The third-order valence-electron chi connectivity index (χ3n) is 4.16. The molecule has 0 fully saturated rings. The molecule has 2 aromatic carbocycles. The van der Waals surface area contributed by atoms with Gasteiger partial charge in [0, 0.05) is 17.5 Å². The van der Waals surface area contributed by atoms with Crippen molar-refractivity contribution < 1.29 is 4.74 Å². The number of rotatable bonds is 5. The molecule has 20 heavy (non-hydrogen) atoms. The van der Waals surface area contributed by atoms with E-state index in [1.807, 2.05) is 18.2 Å². The van der Waals surface area contributed by atoms with Crippen LogP contribution in [-0.2, 0) is 6.42 Å². The van der Waals surface area contributed by atoms with Crippen molar-refractivity contribution >= 4 is 0 Å². The van der Waals surface area contributed by atoms with E-state index in [1.54, 1.807) is 0 Å². The van der Waals surface area contributed by atoms with Crippen LogP contribution in [0.1, 0.15) is 42.0 Å². The second-order valence-corrected chi connectivity index (χ2v) is 5.46. The van der Waals surface area contributed by atoms with E-state index < -0.39 is 0 Å². The van der Waals surface area contributed by atoms with Gasteiger partial charge in [-0.1, -0.05) is 49.4 Å². The van der Waals surface area contributed by atoms with Gasteiger partial charge in [-0.25, -0.2) is 0 Å². The van der Waals surface area contributed by atoms with E-state index in [0.29, 0.717) is 5.92 Å². The van der Waals surface area contributed by atoms with Crippen LogP contribution in [0.3, 0.4) is 0 Å². The van der Waals surface area contributed by atoms with E-state index in [9.17, 15) is 0 Å². The summed E-state index contributed by atoms with van der Waals surface area (Å²) in [6, 6.07) is 16.8. The first-order valence-electron chi connectivity index (χ1n) is 7.34. The van der Waals surface area contributed by atoms with Gasteiger partial charge in [-0.15, -0.1) is 0 Å². The van der Waals surface area contributed by atoms with E-state index >= 15 is 0 Å². The van der Waals surface area contributed by atoms with Crippen molar-refractivity contribution in [1.82, 2.24) is 0 Å². The Balaban J connectivity index is 1.68. The largest absolute Gasteiger partial charge is 0.493 e. The molecule has 3 rings (SSSR count). The molecule has 0 heterocycles. The number of para-hydroxylation sites is 1. The van der Waals surface area contributed by atoms with Crippen LogP contribution < -0.4 is 10.5 Å². The highest BCUT2D eigenvalue weighted by molar-refractivity contribution is 5.41. The molecule has 0 bridgehead atoms. The molecule has 2 atom stereocenters. The predicted molar refractivity (Wildman–Crippen MR) is 82.0 cm³/mol. The minimum atomic E-state index is 0.0554. The molecule has 0 radical (unpaired) electrons. The Bertz CT molecular complexity index is 593. The zero-order valence-electron chi connectivity index (χ0n) is 11.9. The predicted octanol–water partition coefficient (Wildman–Crippen LogP) is 3.82. The molecule has 0 amide bonds. The number of ether oxygens (including phenoxy) is 1. The van der Waals surface area contributed by atoms with Crippen LogP contribution >= 0.6 is 0 Å². The Morgan fingerprint density at radius 2 is 1.90 bits per heavy atom. The van der Waals surface area contributed by atoms with Crippen LogP contribution in [-0.4, -0.2) is 6.61 Å². The summed E-state index contributed by atoms with van der Waals surface area (Å²) in [7, 11) is 0. The lowest BCUT2D eigenvalue weighted by molar-refractivity contribution is 0.271. The molecule has 2 N–H and O–H groups in total. The lowest BCUT2D eigenvalue weighted by atomic mass is 9.78. The summed E-state index contributed by atoms with van der Waals surface area (Å²) in [5, 5.41) is 0. The molecule has 1 unspecified atom stereocenters. The summed E-state index contributed by atoms with van der Waals surface area (Å²) in [4.78, 5) is 0. The summed E-state index contributed by atoms with van der Waals surface area (Å²) in [5.41, 5.74) is 10.2. The number of nitrogens with two attached hydrogens (primary N) is 1. The van der Waals surface area contributed by atoms with Crippen LogP contribution in [0.5, 0.6) is 5.75 Å². The van der Waals surface area contributed by atoms with Gasteiger partial charge in [0.05, 0.1) is 6.61 Å². The first-order valence-corrected chi connectivity index (χ1v) is 7.34. The zero-order chi connectivity index (χ0) is 13.9. The molecule has 104 valence electrons. The van der Waals surface area contributed by atoms with E-state index in [-0.39, 0.29) is 6.04 Å². The fraction of sp³-hybridized carbons (Fsp3) is 0.333. The Hall–Kier alpha value is -1.80. The van der Waals surface area contributed by atoms with Crippen molar-refractivity contribution in [3.63, 3.8) is 0 Å². The van der Waals surface area contributed by atoms with Gasteiger partial charge >= 0.3 is 0 Å². The van der Waals surface area contributed by atoms with Crippen molar-refractivity contribution in [3.8, 4) is 5.75 Å². The molecule has 1 aliphatic carbocycles. The highest BCUT2D eigenvalue weighted by Gasteiger charge is 2.26. The smallest absolute Gasteiger partial charge is 0.124 e. The molecular formula is C18H21NO. The molecule has 0 spiro atoms. The normalized spacial score (nSPS) is 18.0. The Labute approximate surface area is 120 Å². The number of fused-ring (bicyclic) bond motifs is 1. The maximum Gasteiger partial charge on any atom is 0.124 e. The number of hydrogen-bond acceptors (Lipinski definition) is 2. The van der Waals surface area contributed by atoms with Crippen LogP contribution in [0.2, 0.25) is 0 Å². The second kappa shape index (κ2) is 5.68. The van der Waals surface area contributed by atoms with Crippen LogP contribution in [0.25, 0.3) is 0 Å². The molecule has 0 aromatic heterocycles. The molecule has 2 aromatic rings. The van der Waals surface area contributed by atoms with E-state index in [0.717, 1.165) is 30.8 Å². The van der Waals surface area contributed by atoms with Crippen molar-refractivity contribution in [3.05, 3.63) is 65.2 Å². The number of hydrogen-bond donors (Lipinski definition) is 1. The van der Waals surface area contributed by atoms with Gasteiger partial charge in [-0.05, 0) is 30.0 Å². The summed E-state index contributed by atoms with van der Waals surface area (Å²) in [6.07, 6.45) is 2.05. The fourth-order valence-electron chi connectivity index (χ4n) is 2.84. The monoisotopic (exact) mass is 267 g/mol. The van der Waals surface area contributed by atoms with E-state index in [1.165, 1.54) is 11.1 Å². The van der Waals surface area contributed by atoms with Gasteiger partial charge < -0.3 is 10.5 Å². The van der Waals surface area contributed by atoms with Gasteiger partial charge in [0.1, 0.15) is 5.75 Å². The first kappa shape index (κ1) is 13.2. The molecule has 0 saturated heterocycles. The lowest BCUT2D eigenvalue weighted by Crippen LogP contribution is -2.23. The van der Waals surface area contributed by atoms with Crippen LogP contribution in [0, 0.1) is 0 Å². The third kappa shape index (κ3) is 2.44. The summed E-state index contributed by atoms with van der Waals surface area (Å²) in [6.45, 7) is 2.84. The molecule has 2 nitrogen and oxygen atoms in total. The summed E-state index contributed by atoms with van der Waals surface area (Å²) in [5.74, 6) is 1.46. The van der Waals surface area contributed by atoms with Gasteiger partial charge in [0.2, 0.25) is 0 Å². The topological polar surface area (TPSA) is 35.2 Å². The van der Waals surface area contributed by atoms with E-state index in [2.05, 4.69) is 37.3 Å². The highest BCUT2D eigenvalue weighted by Crippen LogP contribution is 2.35. The standard InChI is InChI=1S/C18H21NO/c1-2-17(19)16-9-5-6-10-18(16)20-12-14-11-13-7-3-4-8-15(13)14/h3-10,14,17H,2,11-12,19H2,1H3/t14?,17-/m1/s1. The minimum absolute atomic E-state index is 0.0554. The third-order valence-corrected chi connectivity index (χ3v) is 4.16. The van der Waals surface area contributed by atoms with Gasteiger partial charge in [-0.3, -0.25) is 0 Å². The average Bonchev–Trinajstić information content (AvgIpc) is 2.48. The van der Waals surface area contributed by atoms with Crippen molar-refractivity contribution in [2.45, 2.75) is 31.7 Å². The molecular weight excluding hydrogens is 246 g/mol. The Morgan fingerprint density at radius 3 is 2.70 bits per heavy atom. The quantitative estimate of drug-likeness (QED) is 0.894. The maximum absolute atomic E-state index is 6.14. The van der Waals surface area contributed by atoms with E-state index in [4.69, 9.17) is 10.5 Å². The van der Waals surface area contributed by atoms with Crippen LogP contribution in [0.4, 0.5) is 0 Å². The molecule has 1 aliphatic rings. The average molecular weight is 267 g/mol. The minimum Gasteiger partial charge on any atom is -0.493 e. The SMILES string of the molecule is CC[C@@H](N)c1ccccc1OCC1Cc2ccccc21. The van der Waals surface area contributed by atoms with Gasteiger partial charge in [0.25, 0.3) is 0 Å². The second-order valence-electron chi connectivity index (χ2n) is 5.46. The first-order chi connectivity index (χ1) is 9.79. The Kier molecular flexibility index (Phi) is 3.75. The highest BCUT2D eigenvalue weighted by atomic mass is 16.5. The summed E-state index contributed by atoms with van der Waals surface area (Å²) < 4.78 is 6.04. The van der Waals surface area contributed by atoms with Gasteiger partial charge in [0.15, 0.2) is 0 Å². The lowest BCUT2D eigenvalue weighted by Gasteiger charge is -2.30. The maximum atomic E-state index is 6.14. The zero-order valence-corrected chi connectivity index (χ0v) is 11.9. The molecule has 2 heteroatoms. The van der Waals surface area contributed by atoms with Crippen molar-refractivity contribution in [1.29, 1.82) is 0 Å². The van der Waals surface area contributed by atoms with Crippen LogP contribution in [0.15, 0.2) is 48.5 Å². The van der Waals surface area contributed by atoms with Gasteiger partial charge in [-0.2, -0.15) is 0 Å². The fourth-order valence-corrected chi connectivity index (χ4v) is 2.84. The molecule has 0 saturated carbocycles. The Morgan fingerprint density at radius 1 is 1.15 bits per heavy atom.